The molecule has 0 atom stereocenters. The predicted octanol–water partition coefficient (Wildman–Crippen LogP) is 2.92. The molecule has 0 spiro atoms. The highest BCUT2D eigenvalue weighted by Gasteiger charge is 2.46. The lowest BCUT2D eigenvalue weighted by molar-refractivity contribution is -0.152. The first-order valence-corrected chi connectivity index (χ1v) is 6.01. The second kappa shape index (κ2) is 4.04. The zero-order valence-electron chi connectivity index (χ0n) is 10.8. The van der Waals surface area contributed by atoms with Crippen LogP contribution in [0.5, 0.6) is 0 Å². The highest BCUT2D eigenvalue weighted by atomic mass is 19.3. The number of amides is 1. The summed E-state index contributed by atoms with van der Waals surface area (Å²) in [5, 5.41) is 0. The van der Waals surface area contributed by atoms with Crippen LogP contribution in [0.2, 0.25) is 0 Å². The number of rotatable bonds is 2. The lowest BCUT2D eigenvalue weighted by Crippen LogP contribution is -2.32. The van der Waals surface area contributed by atoms with Crippen molar-refractivity contribution in [3.8, 4) is 0 Å². The normalized spacial score (nSPS) is 15.7. The van der Waals surface area contributed by atoms with E-state index in [-0.39, 0.29) is 11.0 Å². The quantitative estimate of drug-likeness (QED) is 0.742. The molecule has 0 unspecified atom stereocenters. The van der Waals surface area contributed by atoms with E-state index in [1.807, 2.05) is 20.8 Å². The molecule has 0 N–H and O–H groups in total. The molecule has 1 heterocycles. The van der Waals surface area contributed by atoms with Gasteiger partial charge in [-0.05, 0) is 11.0 Å². The number of hydrogen-bond donors (Lipinski definition) is 0. The lowest BCUT2D eigenvalue weighted by Gasteiger charge is -2.21. The Morgan fingerprint density at radius 3 is 1.89 bits per heavy atom. The summed E-state index contributed by atoms with van der Waals surface area (Å²) in [6.45, 7) is 6.92. The first kappa shape index (κ1) is 13.0. The van der Waals surface area contributed by atoms with Gasteiger partial charge in [-0.15, -0.1) is 0 Å². The third-order valence-corrected chi connectivity index (χ3v) is 3.12. The molecule has 4 heteroatoms. The largest absolute Gasteiger partial charge is 0.349 e. The molecule has 1 saturated heterocycles. The van der Waals surface area contributed by atoms with Gasteiger partial charge in [-0.25, -0.2) is 0 Å². The number of nitrogens with zero attached hydrogens (tertiary/aromatic N) is 1. The van der Waals surface area contributed by atoms with Crippen molar-refractivity contribution in [2.45, 2.75) is 32.1 Å². The molecule has 1 aliphatic rings. The smallest absolute Gasteiger partial charge is 0.334 e. The second-order valence-electron chi connectivity index (χ2n) is 5.69. The fourth-order valence-corrected chi connectivity index (χ4v) is 1.75. The standard InChI is InChI=1S/C14H17F2NO/c1-13(2,3)10-4-6-11(7-5-10)14(15,16)12(18)17-8-9-17/h4-7H,8-9H2,1-3H3. The topological polar surface area (TPSA) is 20.1 Å². The van der Waals surface area contributed by atoms with Crippen LogP contribution in [0.25, 0.3) is 0 Å². The van der Waals surface area contributed by atoms with Gasteiger partial charge in [0.15, 0.2) is 0 Å². The summed E-state index contributed by atoms with van der Waals surface area (Å²) in [5.74, 6) is -4.50. The molecule has 2 rings (SSSR count). The van der Waals surface area contributed by atoms with Crippen LogP contribution in [-0.2, 0) is 16.1 Å². The molecule has 1 fully saturated rings. The third-order valence-electron chi connectivity index (χ3n) is 3.12. The van der Waals surface area contributed by atoms with Gasteiger partial charge in [0.1, 0.15) is 0 Å². The highest BCUT2D eigenvalue weighted by molar-refractivity contribution is 5.86. The van der Waals surface area contributed by atoms with E-state index in [9.17, 15) is 13.6 Å². The number of halogens is 2. The predicted molar refractivity (Wildman–Crippen MR) is 65.6 cm³/mol. The monoisotopic (exact) mass is 253 g/mol. The maximum atomic E-state index is 13.9. The fourth-order valence-electron chi connectivity index (χ4n) is 1.75. The van der Waals surface area contributed by atoms with E-state index in [0.29, 0.717) is 13.1 Å². The van der Waals surface area contributed by atoms with Gasteiger partial charge in [0.2, 0.25) is 0 Å². The van der Waals surface area contributed by atoms with E-state index in [1.165, 1.54) is 12.1 Å². The Bertz CT molecular complexity index is 456. The van der Waals surface area contributed by atoms with Gasteiger partial charge in [0.05, 0.1) is 0 Å². The van der Waals surface area contributed by atoms with Crippen molar-refractivity contribution in [1.29, 1.82) is 0 Å². The van der Waals surface area contributed by atoms with Gasteiger partial charge < -0.3 is 4.90 Å². The van der Waals surface area contributed by atoms with Crippen LogP contribution in [0.4, 0.5) is 8.78 Å². The van der Waals surface area contributed by atoms with Crippen molar-refractivity contribution in [2.24, 2.45) is 0 Å². The van der Waals surface area contributed by atoms with Crippen molar-refractivity contribution in [3.63, 3.8) is 0 Å². The first-order chi connectivity index (χ1) is 8.23. The Kier molecular flexibility index (Phi) is 2.92. The Balaban J connectivity index is 2.25. The molecule has 1 amide bonds. The Morgan fingerprint density at radius 2 is 1.50 bits per heavy atom. The van der Waals surface area contributed by atoms with Gasteiger partial charge in [-0.3, -0.25) is 4.79 Å². The van der Waals surface area contributed by atoms with Crippen LogP contribution < -0.4 is 0 Å². The molecule has 1 aliphatic heterocycles. The molecular formula is C14H17F2NO. The zero-order chi connectivity index (χ0) is 13.6. The van der Waals surface area contributed by atoms with Crippen molar-refractivity contribution in [3.05, 3.63) is 35.4 Å². The van der Waals surface area contributed by atoms with E-state index in [4.69, 9.17) is 0 Å². The summed E-state index contributed by atoms with van der Waals surface area (Å²) >= 11 is 0. The van der Waals surface area contributed by atoms with E-state index in [2.05, 4.69) is 0 Å². The lowest BCUT2D eigenvalue weighted by atomic mass is 9.86. The molecule has 98 valence electrons. The molecule has 0 aromatic heterocycles. The van der Waals surface area contributed by atoms with Gasteiger partial charge in [-0.1, -0.05) is 45.0 Å². The molecule has 0 bridgehead atoms. The number of alkyl halides is 2. The van der Waals surface area contributed by atoms with Crippen LogP contribution in [0, 0.1) is 0 Å². The Hall–Kier alpha value is -1.45. The van der Waals surface area contributed by atoms with Gasteiger partial charge in [-0.2, -0.15) is 8.78 Å². The van der Waals surface area contributed by atoms with E-state index in [1.54, 1.807) is 12.1 Å². The summed E-state index contributed by atoms with van der Waals surface area (Å²) in [4.78, 5) is 12.6. The minimum Gasteiger partial charge on any atom is -0.334 e. The summed E-state index contributed by atoms with van der Waals surface area (Å²) in [5.41, 5.74) is 0.659. The molecule has 0 radical (unpaired) electrons. The molecule has 0 saturated carbocycles. The summed E-state index contributed by atoms with van der Waals surface area (Å²) in [6, 6.07) is 6.03. The third kappa shape index (κ3) is 2.37. The second-order valence-corrected chi connectivity index (χ2v) is 5.69. The number of hydrogen-bond acceptors (Lipinski definition) is 1. The fraction of sp³-hybridized carbons (Fsp3) is 0.500. The molecule has 0 aliphatic carbocycles. The first-order valence-electron chi connectivity index (χ1n) is 6.01. The number of carbonyl (C=O) groups is 1. The van der Waals surface area contributed by atoms with Crippen molar-refractivity contribution in [1.82, 2.24) is 4.90 Å². The van der Waals surface area contributed by atoms with Crippen molar-refractivity contribution in [2.75, 3.05) is 13.1 Å². The van der Waals surface area contributed by atoms with Crippen LogP contribution in [-0.4, -0.2) is 23.9 Å². The molecule has 18 heavy (non-hydrogen) atoms. The molecular weight excluding hydrogens is 236 g/mol. The Morgan fingerprint density at radius 1 is 1.06 bits per heavy atom. The molecule has 2 nitrogen and oxygen atoms in total. The minimum absolute atomic E-state index is 0.0855. The highest BCUT2D eigenvalue weighted by Crippen LogP contribution is 2.33. The SMILES string of the molecule is CC(C)(C)c1ccc(C(F)(F)C(=O)N2CC2)cc1. The van der Waals surface area contributed by atoms with E-state index in [0.717, 1.165) is 10.5 Å². The van der Waals surface area contributed by atoms with Gasteiger partial charge in [0, 0.05) is 18.7 Å². The van der Waals surface area contributed by atoms with Crippen LogP contribution in [0.3, 0.4) is 0 Å². The van der Waals surface area contributed by atoms with Crippen molar-refractivity contribution >= 4 is 5.91 Å². The summed E-state index contributed by atoms with van der Waals surface area (Å²) in [7, 11) is 0. The van der Waals surface area contributed by atoms with Crippen LogP contribution in [0.15, 0.2) is 24.3 Å². The summed E-state index contributed by atoms with van der Waals surface area (Å²) in [6.07, 6.45) is 0. The summed E-state index contributed by atoms with van der Waals surface area (Å²) < 4.78 is 27.8. The van der Waals surface area contributed by atoms with E-state index >= 15 is 0 Å². The Labute approximate surface area is 106 Å². The average Bonchev–Trinajstić information content (AvgIpc) is 3.11. The maximum Gasteiger partial charge on any atom is 0.349 e. The average molecular weight is 253 g/mol. The maximum absolute atomic E-state index is 13.9. The molecule has 1 aromatic rings. The molecule has 1 aromatic carbocycles. The zero-order valence-corrected chi connectivity index (χ0v) is 10.8. The van der Waals surface area contributed by atoms with Gasteiger partial charge in [0.25, 0.3) is 5.91 Å². The number of benzene rings is 1. The van der Waals surface area contributed by atoms with Crippen LogP contribution >= 0.6 is 0 Å². The van der Waals surface area contributed by atoms with Gasteiger partial charge >= 0.3 is 5.92 Å². The minimum atomic E-state index is -3.41. The number of carbonyl (C=O) groups excluding carboxylic acids is 1. The van der Waals surface area contributed by atoms with E-state index < -0.39 is 11.8 Å². The van der Waals surface area contributed by atoms with Crippen molar-refractivity contribution < 1.29 is 13.6 Å². The van der Waals surface area contributed by atoms with Crippen LogP contribution in [0.1, 0.15) is 31.9 Å².